The first kappa shape index (κ1) is 14.0. The number of phenols is 2. The molecule has 4 aliphatic rings. The standard InChI is InChI=1S/C16H14Br2O2/c17-13-9-1-5-11(15(13)19)8-4-10-2-6-12(7-3-9)16(20)14(10)18/h1-2,5-6,19-20H,3-4,7-8H2. The monoisotopic (exact) mass is 396 g/mol. The SMILES string of the molecule is Oc1c2ccc(c1Br)CCc1ccc(c(Br)c1O)CC2. The van der Waals surface area contributed by atoms with Gasteiger partial charge in [0.1, 0.15) is 11.5 Å². The molecule has 2 aromatic carbocycles. The second kappa shape index (κ2) is 5.41. The Morgan fingerprint density at radius 1 is 0.600 bits per heavy atom. The molecule has 4 bridgehead atoms. The zero-order chi connectivity index (χ0) is 14.3. The molecule has 2 N–H and O–H groups in total. The summed E-state index contributed by atoms with van der Waals surface area (Å²) in [5.74, 6) is 0.690. The van der Waals surface area contributed by atoms with Crippen molar-refractivity contribution in [2.75, 3.05) is 0 Å². The van der Waals surface area contributed by atoms with E-state index >= 15 is 0 Å². The molecule has 104 valence electrons. The van der Waals surface area contributed by atoms with Crippen molar-refractivity contribution >= 4 is 31.9 Å². The van der Waals surface area contributed by atoms with Crippen LogP contribution in [0.5, 0.6) is 11.5 Å². The molecule has 0 spiro atoms. The van der Waals surface area contributed by atoms with Crippen LogP contribution in [0.4, 0.5) is 0 Å². The van der Waals surface area contributed by atoms with E-state index in [1.807, 2.05) is 12.1 Å². The highest BCUT2D eigenvalue weighted by atomic mass is 79.9. The molecule has 0 radical (unpaired) electrons. The fraction of sp³-hybridized carbons (Fsp3) is 0.250. The van der Waals surface area contributed by atoms with Crippen molar-refractivity contribution in [1.82, 2.24) is 0 Å². The maximum Gasteiger partial charge on any atom is 0.133 e. The van der Waals surface area contributed by atoms with Gasteiger partial charge in [-0.3, -0.25) is 0 Å². The van der Waals surface area contributed by atoms with Gasteiger partial charge in [0.25, 0.3) is 0 Å². The molecular formula is C16H14Br2O2. The fourth-order valence-electron chi connectivity index (χ4n) is 2.62. The molecule has 0 amide bonds. The summed E-state index contributed by atoms with van der Waals surface area (Å²) in [5.41, 5.74) is 3.98. The van der Waals surface area contributed by atoms with Gasteiger partial charge in [-0.15, -0.1) is 0 Å². The van der Waals surface area contributed by atoms with Crippen LogP contribution in [0.25, 0.3) is 0 Å². The van der Waals surface area contributed by atoms with Crippen LogP contribution < -0.4 is 0 Å². The highest BCUT2D eigenvalue weighted by molar-refractivity contribution is 9.11. The average Bonchev–Trinajstić information content (AvgIpc) is 2.43. The largest absolute Gasteiger partial charge is 0.506 e. The van der Waals surface area contributed by atoms with Gasteiger partial charge in [-0.2, -0.15) is 0 Å². The summed E-state index contributed by atoms with van der Waals surface area (Å²) in [6, 6.07) is 8.10. The third-order valence-corrected chi connectivity index (χ3v) is 5.66. The first-order valence-electron chi connectivity index (χ1n) is 6.56. The average molecular weight is 398 g/mol. The van der Waals surface area contributed by atoms with Crippen molar-refractivity contribution in [2.24, 2.45) is 0 Å². The number of phenolic OH excluding ortho intramolecular Hbond substituents is 2. The quantitative estimate of drug-likeness (QED) is 0.686. The molecule has 0 heterocycles. The topological polar surface area (TPSA) is 40.5 Å². The van der Waals surface area contributed by atoms with Crippen LogP contribution in [-0.4, -0.2) is 10.2 Å². The zero-order valence-corrected chi connectivity index (χ0v) is 14.0. The van der Waals surface area contributed by atoms with E-state index in [9.17, 15) is 10.2 Å². The molecule has 20 heavy (non-hydrogen) atoms. The number of aryl methyl sites for hydroxylation is 4. The van der Waals surface area contributed by atoms with Gasteiger partial charge < -0.3 is 10.2 Å². The van der Waals surface area contributed by atoms with E-state index in [-0.39, 0.29) is 0 Å². The number of hydrogen-bond donors (Lipinski definition) is 2. The smallest absolute Gasteiger partial charge is 0.133 e. The van der Waals surface area contributed by atoms with E-state index in [0.717, 1.165) is 56.9 Å². The van der Waals surface area contributed by atoms with Crippen LogP contribution in [0.15, 0.2) is 33.2 Å². The summed E-state index contributed by atoms with van der Waals surface area (Å²) < 4.78 is 1.56. The van der Waals surface area contributed by atoms with E-state index < -0.39 is 0 Å². The van der Waals surface area contributed by atoms with E-state index in [1.54, 1.807) is 0 Å². The van der Waals surface area contributed by atoms with Crippen LogP contribution in [0.3, 0.4) is 0 Å². The third kappa shape index (κ3) is 2.35. The minimum absolute atomic E-state index is 0.345. The summed E-state index contributed by atoms with van der Waals surface area (Å²) in [6.07, 6.45) is 3.02. The van der Waals surface area contributed by atoms with Crippen molar-refractivity contribution in [3.05, 3.63) is 55.5 Å². The van der Waals surface area contributed by atoms with Crippen molar-refractivity contribution in [2.45, 2.75) is 25.7 Å². The van der Waals surface area contributed by atoms with Gasteiger partial charge in [-0.05, 0) is 79.8 Å². The molecule has 4 aliphatic carbocycles. The Morgan fingerprint density at radius 2 is 0.900 bits per heavy atom. The maximum absolute atomic E-state index is 10.3. The van der Waals surface area contributed by atoms with E-state index in [4.69, 9.17) is 0 Å². The van der Waals surface area contributed by atoms with Gasteiger partial charge in [0.2, 0.25) is 0 Å². The first-order valence-corrected chi connectivity index (χ1v) is 8.15. The second-order valence-electron chi connectivity index (χ2n) is 5.09. The lowest BCUT2D eigenvalue weighted by Gasteiger charge is -2.16. The van der Waals surface area contributed by atoms with Gasteiger partial charge >= 0.3 is 0 Å². The van der Waals surface area contributed by atoms with Crippen molar-refractivity contribution in [1.29, 1.82) is 0 Å². The van der Waals surface area contributed by atoms with Crippen LogP contribution >= 0.6 is 31.9 Å². The predicted octanol–water partition coefficient (Wildman–Crippen LogP) is 4.51. The molecule has 2 aromatic rings. The molecule has 0 fully saturated rings. The Morgan fingerprint density at radius 3 is 1.30 bits per heavy atom. The third-order valence-electron chi connectivity index (χ3n) is 3.89. The maximum atomic E-state index is 10.3. The number of aromatic hydroxyl groups is 2. The lowest BCUT2D eigenvalue weighted by atomic mass is 9.95. The molecule has 0 aromatic heterocycles. The van der Waals surface area contributed by atoms with Crippen LogP contribution in [0.1, 0.15) is 22.3 Å². The van der Waals surface area contributed by atoms with E-state index in [1.165, 1.54) is 0 Å². The highest BCUT2D eigenvalue weighted by Crippen LogP contribution is 2.37. The molecule has 0 atom stereocenters. The van der Waals surface area contributed by atoms with Gasteiger partial charge in [-0.25, -0.2) is 0 Å². The molecule has 6 rings (SSSR count). The van der Waals surface area contributed by atoms with Crippen LogP contribution in [-0.2, 0) is 25.7 Å². The number of rotatable bonds is 0. The van der Waals surface area contributed by atoms with Gasteiger partial charge in [0.15, 0.2) is 0 Å². The number of benzene rings is 2. The Kier molecular flexibility index (Phi) is 3.78. The molecule has 0 saturated heterocycles. The molecule has 0 saturated carbocycles. The summed E-state index contributed by atoms with van der Waals surface area (Å²) >= 11 is 6.97. The molecular weight excluding hydrogens is 384 g/mol. The second-order valence-corrected chi connectivity index (χ2v) is 6.68. The van der Waals surface area contributed by atoms with Crippen molar-refractivity contribution in [3.63, 3.8) is 0 Å². The summed E-state index contributed by atoms with van der Waals surface area (Å²) in [7, 11) is 0. The molecule has 4 heteroatoms. The summed E-state index contributed by atoms with van der Waals surface area (Å²) in [6.45, 7) is 0. The minimum Gasteiger partial charge on any atom is -0.506 e. The van der Waals surface area contributed by atoms with Crippen molar-refractivity contribution < 1.29 is 10.2 Å². The Hall–Kier alpha value is -1.00. The summed E-state index contributed by atoms with van der Waals surface area (Å²) in [5, 5.41) is 20.5. The normalized spacial score (nSPS) is 14.1. The summed E-state index contributed by atoms with van der Waals surface area (Å²) in [4.78, 5) is 0. The van der Waals surface area contributed by atoms with E-state index in [0.29, 0.717) is 11.5 Å². The van der Waals surface area contributed by atoms with Gasteiger partial charge in [0.05, 0.1) is 8.95 Å². The van der Waals surface area contributed by atoms with E-state index in [2.05, 4.69) is 44.0 Å². The fourth-order valence-corrected chi connectivity index (χ4v) is 3.79. The highest BCUT2D eigenvalue weighted by Gasteiger charge is 2.16. The van der Waals surface area contributed by atoms with Gasteiger partial charge in [-0.1, -0.05) is 24.3 Å². The lowest BCUT2D eigenvalue weighted by Crippen LogP contribution is -2.01. The number of hydrogen-bond acceptors (Lipinski definition) is 2. The van der Waals surface area contributed by atoms with Crippen molar-refractivity contribution in [3.8, 4) is 11.5 Å². The predicted molar refractivity (Wildman–Crippen MR) is 86.4 cm³/mol. The molecule has 0 unspecified atom stereocenters. The molecule has 0 aliphatic heterocycles. The molecule has 2 nitrogen and oxygen atoms in total. The minimum atomic E-state index is 0.345. The zero-order valence-electron chi connectivity index (χ0n) is 10.8. The first-order chi connectivity index (χ1) is 9.58. The lowest BCUT2D eigenvalue weighted by molar-refractivity contribution is 0.460. The van der Waals surface area contributed by atoms with Crippen LogP contribution in [0.2, 0.25) is 0 Å². The number of halogens is 2. The van der Waals surface area contributed by atoms with Gasteiger partial charge in [0, 0.05) is 0 Å². The Bertz CT molecular complexity index is 563. The Balaban J connectivity index is 2.12. The van der Waals surface area contributed by atoms with Crippen LogP contribution in [0, 0.1) is 0 Å². The Labute approximate surface area is 134 Å².